The molecule has 19 heavy (non-hydrogen) atoms. The van der Waals surface area contributed by atoms with Crippen LogP contribution in [0.25, 0.3) is 0 Å². The van der Waals surface area contributed by atoms with Crippen molar-refractivity contribution in [3.8, 4) is 0 Å². The van der Waals surface area contributed by atoms with Crippen LogP contribution in [0.15, 0.2) is 65.7 Å². The van der Waals surface area contributed by atoms with Gasteiger partial charge in [0.2, 0.25) is 0 Å². The molecule has 1 amide bonds. The summed E-state index contributed by atoms with van der Waals surface area (Å²) in [4.78, 5) is 14.3. The minimum Gasteiger partial charge on any atom is -0.271 e. The lowest BCUT2D eigenvalue weighted by atomic mass is 10.1. The first-order chi connectivity index (χ1) is 9.22. The lowest BCUT2D eigenvalue weighted by Gasteiger charge is -1.93. The van der Waals surface area contributed by atoms with Gasteiger partial charge in [-0.2, -0.15) is 4.99 Å². The molecule has 0 aliphatic heterocycles. The summed E-state index contributed by atoms with van der Waals surface area (Å²) < 4.78 is 0. The van der Waals surface area contributed by atoms with E-state index in [0.717, 1.165) is 5.56 Å². The molecule has 0 heterocycles. The molecular formula is C16H15NOS. The molecule has 0 saturated carbocycles. The molecule has 0 aromatic heterocycles. The third-order valence-electron chi connectivity index (χ3n) is 2.31. The van der Waals surface area contributed by atoms with Gasteiger partial charge in [-0.05, 0) is 24.7 Å². The number of benzene rings is 2. The zero-order chi connectivity index (χ0) is 13.9. The van der Waals surface area contributed by atoms with Crippen LogP contribution >= 0.6 is 12.2 Å². The second kappa shape index (κ2) is 8.92. The Bertz CT molecular complexity index is 545. The molecule has 0 atom stereocenters. The maximum Gasteiger partial charge on any atom is 0.258 e. The van der Waals surface area contributed by atoms with Gasteiger partial charge < -0.3 is 0 Å². The molecular weight excluding hydrogens is 254 g/mol. The molecule has 96 valence electrons. The van der Waals surface area contributed by atoms with E-state index in [1.165, 1.54) is 5.56 Å². The molecule has 2 aromatic carbocycles. The minimum absolute atomic E-state index is 0.254. The number of rotatable bonds is 2. The number of aliphatic imine (C=N–C) groups is 1. The summed E-state index contributed by atoms with van der Waals surface area (Å²) in [5.41, 5.74) is 2.26. The van der Waals surface area contributed by atoms with E-state index in [1.807, 2.05) is 53.7 Å². The second-order valence-electron chi connectivity index (χ2n) is 3.91. The highest BCUT2D eigenvalue weighted by Crippen LogP contribution is 1.99. The molecule has 0 fully saturated rings. The zero-order valence-electron chi connectivity index (χ0n) is 10.7. The first-order valence-electron chi connectivity index (χ1n) is 5.88. The van der Waals surface area contributed by atoms with E-state index in [-0.39, 0.29) is 5.91 Å². The molecule has 0 saturated heterocycles. The minimum atomic E-state index is -0.254. The fourth-order valence-electron chi connectivity index (χ4n) is 1.40. The number of carbonyl (C=O) groups excluding carboxylic acids is 1. The van der Waals surface area contributed by atoms with Crippen LogP contribution in [0.5, 0.6) is 0 Å². The Kier molecular flexibility index (Phi) is 7.03. The van der Waals surface area contributed by atoms with Gasteiger partial charge in [-0.1, -0.05) is 66.2 Å². The fraction of sp³-hybridized carbons (Fsp3) is 0.125. The van der Waals surface area contributed by atoms with E-state index in [1.54, 1.807) is 0 Å². The van der Waals surface area contributed by atoms with Gasteiger partial charge in [-0.3, -0.25) is 4.79 Å². The summed E-state index contributed by atoms with van der Waals surface area (Å²) >= 11 is 4.31. The number of isothiocyanates is 1. The zero-order valence-corrected chi connectivity index (χ0v) is 11.6. The van der Waals surface area contributed by atoms with Gasteiger partial charge in [0.1, 0.15) is 0 Å². The van der Waals surface area contributed by atoms with Crippen molar-refractivity contribution in [1.29, 1.82) is 0 Å². The average Bonchev–Trinajstić information content (AvgIpc) is 2.42. The van der Waals surface area contributed by atoms with Crippen LogP contribution in [0.2, 0.25) is 0 Å². The quantitative estimate of drug-likeness (QED) is 0.612. The van der Waals surface area contributed by atoms with E-state index in [0.29, 0.717) is 6.42 Å². The molecule has 2 aromatic rings. The third kappa shape index (κ3) is 7.04. The van der Waals surface area contributed by atoms with Crippen molar-refractivity contribution in [3.05, 3.63) is 71.8 Å². The van der Waals surface area contributed by atoms with Crippen LogP contribution in [0.3, 0.4) is 0 Å². The molecule has 0 radical (unpaired) electrons. The van der Waals surface area contributed by atoms with Crippen molar-refractivity contribution >= 4 is 23.3 Å². The van der Waals surface area contributed by atoms with Crippen molar-refractivity contribution < 1.29 is 4.79 Å². The van der Waals surface area contributed by atoms with Gasteiger partial charge in [-0.15, -0.1) is 0 Å². The number of nitrogens with zero attached hydrogens (tertiary/aromatic N) is 1. The largest absolute Gasteiger partial charge is 0.271 e. The number of hydrogen-bond donors (Lipinski definition) is 0. The second-order valence-corrected chi connectivity index (χ2v) is 4.10. The summed E-state index contributed by atoms with van der Waals surface area (Å²) in [5, 5.41) is 2.05. The Morgan fingerprint density at radius 2 is 1.58 bits per heavy atom. The molecule has 0 aliphatic carbocycles. The van der Waals surface area contributed by atoms with Crippen LogP contribution in [0.4, 0.5) is 0 Å². The van der Waals surface area contributed by atoms with Crippen molar-refractivity contribution in [2.24, 2.45) is 4.99 Å². The highest BCUT2D eigenvalue weighted by atomic mass is 32.1. The molecule has 2 rings (SSSR count). The van der Waals surface area contributed by atoms with Crippen LogP contribution in [0, 0.1) is 6.92 Å². The molecule has 0 aliphatic rings. The van der Waals surface area contributed by atoms with Crippen LogP contribution in [0.1, 0.15) is 11.1 Å². The lowest BCUT2D eigenvalue weighted by molar-refractivity contribution is -0.117. The number of amides is 1. The molecule has 3 heteroatoms. The van der Waals surface area contributed by atoms with Crippen molar-refractivity contribution in [2.45, 2.75) is 13.3 Å². The van der Waals surface area contributed by atoms with Crippen LogP contribution < -0.4 is 0 Å². The Labute approximate surface area is 118 Å². The number of hydrogen-bond acceptors (Lipinski definition) is 2. The summed E-state index contributed by atoms with van der Waals surface area (Å²) in [6.07, 6.45) is 0.296. The lowest BCUT2D eigenvalue weighted by Crippen LogP contribution is -1.97. The van der Waals surface area contributed by atoms with E-state index >= 15 is 0 Å². The summed E-state index contributed by atoms with van der Waals surface area (Å²) in [6.45, 7) is 2.08. The monoisotopic (exact) mass is 269 g/mol. The molecule has 0 spiro atoms. The summed E-state index contributed by atoms with van der Waals surface area (Å²) in [5.74, 6) is -0.254. The standard InChI is InChI=1S/C9H7NOS.C7H8/c11-9(10-7-12)6-8-4-2-1-3-5-8;1-7-5-3-2-4-6-7/h1-5H,6H2;2-6H,1H3. The first kappa shape index (κ1) is 15.0. The van der Waals surface area contributed by atoms with E-state index < -0.39 is 0 Å². The number of carbonyl (C=O) groups is 1. The van der Waals surface area contributed by atoms with Crippen LogP contribution in [-0.4, -0.2) is 11.1 Å². The van der Waals surface area contributed by atoms with Crippen molar-refractivity contribution in [3.63, 3.8) is 0 Å². The Morgan fingerprint density at radius 1 is 1.05 bits per heavy atom. The molecule has 0 unspecified atom stereocenters. The average molecular weight is 269 g/mol. The Morgan fingerprint density at radius 3 is 2.00 bits per heavy atom. The van der Waals surface area contributed by atoms with Crippen molar-refractivity contribution in [2.75, 3.05) is 0 Å². The Hall–Kier alpha value is -2.09. The first-order valence-corrected chi connectivity index (χ1v) is 6.29. The maximum atomic E-state index is 10.9. The van der Waals surface area contributed by atoms with E-state index in [2.05, 4.69) is 36.3 Å². The third-order valence-corrected chi connectivity index (χ3v) is 2.40. The Balaban J connectivity index is 0.000000218. The van der Waals surface area contributed by atoms with Crippen LogP contribution in [-0.2, 0) is 11.2 Å². The van der Waals surface area contributed by atoms with Crippen molar-refractivity contribution in [1.82, 2.24) is 0 Å². The van der Waals surface area contributed by atoms with Gasteiger partial charge in [0.05, 0.1) is 11.6 Å². The van der Waals surface area contributed by atoms with Gasteiger partial charge in [0.25, 0.3) is 5.91 Å². The summed E-state index contributed by atoms with van der Waals surface area (Å²) in [6, 6.07) is 19.7. The predicted octanol–water partition coefficient (Wildman–Crippen LogP) is 3.85. The van der Waals surface area contributed by atoms with Gasteiger partial charge in [0, 0.05) is 0 Å². The number of aryl methyl sites for hydroxylation is 1. The van der Waals surface area contributed by atoms with Gasteiger partial charge in [0.15, 0.2) is 0 Å². The fourth-order valence-corrected chi connectivity index (χ4v) is 1.50. The molecule has 0 N–H and O–H groups in total. The molecule has 0 bridgehead atoms. The predicted molar refractivity (Wildman–Crippen MR) is 81.4 cm³/mol. The highest BCUT2D eigenvalue weighted by Gasteiger charge is 1.98. The smallest absolute Gasteiger partial charge is 0.258 e. The SMILES string of the molecule is Cc1ccccc1.O=C(Cc1ccccc1)N=C=S. The van der Waals surface area contributed by atoms with E-state index in [4.69, 9.17) is 0 Å². The topological polar surface area (TPSA) is 29.4 Å². The number of thiocarbonyl (C=S) groups is 1. The normalized spacial score (nSPS) is 8.68. The van der Waals surface area contributed by atoms with Gasteiger partial charge >= 0.3 is 0 Å². The highest BCUT2D eigenvalue weighted by molar-refractivity contribution is 7.78. The van der Waals surface area contributed by atoms with Gasteiger partial charge in [-0.25, -0.2) is 0 Å². The molecule has 2 nitrogen and oxygen atoms in total. The maximum absolute atomic E-state index is 10.9. The summed E-state index contributed by atoms with van der Waals surface area (Å²) in [7, 11) is 0. The van der Waals surface area contributed by atoms with E-state index in [9.17, 15) is 4.79 Å².